The topological polar surface area (TPSA) is 107 Å². The predicted octanol–water partition coefficient (Wildman–Crippen LogP) is 2.86. The number of hydrogen-bond donors (Lipinski definition) is 2. The fraction of sp³-hybridized carbons (Fsp3) is 0.375. The van der Waals surface area contributed by atoms with Crippen LogP contribution in [-0.2, 0) is 28.3 Å². The van der Waals surface area contributed by atoms with E-state index in [4.69, 9.17) is 15.5 Å². The largest absolute Gasteiger partial charge is 0.458 e. The molecule has 0 saturated heterocycles. The summed E-state index contributed by atoms with van der Waals surface area (Å²) in [6, 6.07) is 2.66. The number of halogens is 1. The average molecular weight is 437 g/mol. The lowest BCUT2D eigenvalue weighted by molar-refractivity contribution is -0.172. The van der Waals surface area contributed by atoms with Crippen LogP contribution in [0.4, 0.5) is 4.39 Å². The maximum atomic E-state index is 14.6. The maximum Gasteiger partial charge on any atom is 0.343 e. The van der Waals surface area contributed by atoms with Gasteiger partial charge in [-0.25, -0.2) is 14.2 Å². The minimum absolute atomic E-state index is 0.0640. The van der Waals surface area contributed by atoms with Crippen molar-refractivity contribution in [2.24, 2.45) is 5.73 Å². The molecule has 0 saturated carbocycles. The van der Waals surface area contributed by atoms with Crippen LogP contribution in [0.3, 0.4) is 0 Å². The molecule has 0 unspecified atom stereocenters. The lowest BCUT2D eigenvalue weighted by Crippen LogP contribution is -2.44. The van der Waals surface area contributed by atoms with E-state index in [1.807, 2.05) is 13.8 Å². The van der Waals surface area contributed by atoms with Crippen molar-refractivity contribution in [3.8, 4) is 11.4 Å². The number of hydrogen-bond acceptors (Lipinski definition) is 6. The molecule has 1 aromatic carbocycles. The molecular weight excluding hydrogens is 413 g/mol. The number of carbonyl (C=O) groups is 1. The molecule has 2 aliphatic rings. The second kappa shape index (κ2) is 6.70. The van der Waals surface area contributed by atoms with Crippen LogP contribution in [0.2, 0.25) is 0 Å². The van der Waals surface area contributed by atoms with Crippen molar-refractivity contribution in [2.45, 2.75) is 58.9 Å². The number of ether oxygens (including phenoxy) is 1. The summed E-state index contributed by atoms with van der Waals surface area (Å²) >= 11 is 0. The number of aryl methyl sites for hydroxylation is 1. The van der Waals surface area contributed by atoms with Crippen LogP contribution in [0.5, 0.6) is 0 Å². The van der Waals surface area contributed by atoms with Crippen LogP contribution >= 0.6 is 0 Å². The Bertz CT molecular complexity index is 1410. The summed E-state index contributed by atoms with van der Waals surface area (Å²) in [5, 5.41) is 11.8. The highest BCUT2D eigenvalue weighted by Crippen LogP contribution is 2.42. The quantitative estimate of drug-likeness (QED) is 0.467. The molecule has 2 aliphatic heterocycles. The van der Waals surface area contributed by atoms with Crippen molar-refractivity contribution in [2.75, 3.05) is 0 Å². The number of nitrogens with two attached hydrogens (primary N) is 1. The van der Waals surface area contributed by atoms with E-state index < -0.39 is 11.6 Å². The fourth-order valence-corrected chi connectivity index (χ4v) is 5.04. The third-order valence-corrected chi connectivity index (χ3v) is 6.98. The number of cyclic esters (lactones) is 1. The molecule has 0 bridgehead atoms. The predicted molar refractivity (Wildman–Crippen MR) is 117 cm³/mol. The molecule has 5 rings (SSSR count). The minimum Gasteiger partial charge on any atom is -0.458 e. The highest BCUT2D eigenvalue weighted by Gasteiger charge is 2.45. The number of carbonyl (C=O) groups excluding carboxylic acids is 1. The Morgan fingerprint density at radius 3 is 2.66 bits per heavy atom. The van der Waals surface area contributed by atoms with Gasteiger partial charge in [0, 0.05) is 28.6 Å². The lowest BCUT2D eigenvalue weighted by Gasteiger charge is -2.31. The van der Waals surface area contributed by atoms with E-state index in [0.717, 1.165) is 22.1 Å². The minimum atomic E-state index is -1.90. The number of pyridine rings is 2. The first-order valence-electron chi connectivity index (χ1n) is 10.6. The van der Waals surface area contributed by atoms with Gasteiger partial charge in [0.15, 0.2) is 5.60 Å². The van der Waals surface area contributed by atoms with Gasteiger partial charge in [0.25, 0.3) is 5.56 Å². The standard InChI is InChI=1S/C24H24FN3O4/c1-5-24(31)15-6-18-21-13(8-28(18)22(29)14(15)9-32-23(24)30)20(12(4)26)19-11(3)10(2)16(25)7-17(19)27-21/h6-7,12,31H,5,8-9,26H2,1-4H3/t12-,24-/m0/s1. The van der Waals surface area contributed by atoms with Gasteiger partial charge < -0.3 is 20.1 Å². The summed E-state index contributed by atoms with van der Waals surface area (Å²) in [5.41, 5.74) is 9.03. The first-order valence-corrected chi connectivity index (χ1v) is 10.6. The Morgan fingerprint density at radius 2 is 2.00 bits per heavy atom. The van der Waals surface area contributed by atoms with Crippen LogP contribution < -0.4 is 11.3 Å². The Morgan fingerprint density at radius 1 is 1.28 bits per heavy atom. The molecule has 2 atom stereocenters. The zero-order chi connectivity index (χ0) is 23.1. The first-order chi connectivity index (χ1) is 15.1. The van der Waals surface area contributed by atoms with Gasteiger partial charge >= 0.3 is 5.97 Å². The number of fused-ring (bicyclic) bond motifs is 5. The van der Waals surface area contributed by atoms with Crippen LogP contribution in [0.15, 0.2) is 16.9 Å². The lowest BCUT2D eigenvalue weighted by atomic mass is 9.86. The molecular formula is C24H24FN3O4. The van der Waals surface area contributed by atoms with E-state index in [0.29, 0.717) is 22.5 Å². The summed E-state index contributed by atoms with van der Waals surface area (Å²) < 4.78 is 21.2. The molecule has 166 valence electrons. The van der Waals surface area contributed by atoms with Crippen LogP contribution in [-0.4, -0.2) is 20.6 Å². The van der Waals surface area contributed by atoms with E-state index in [1.165, 1.54) is 6.07 Å². The summed E-state index contributed by atoms with van der Waals surface area (Å²) in [4.78, 5) is 30.4. The second-order valence-corrected chi connectivity index (χ2v) is 8.75. The number of rotatable bonds is 2. The van der Waals surface area contributed by atoms with E-state index in [1.54, 1.807) is 24.5 Å². The molecule has 3 N–H and O–H groups in total. The number of aromatic nitrogens is 2. The Balaban J connectivity index is 1.88. The Labute approximate surface area is 183 Å². The zero-order valence-electron chi connectivity index (χ0n) is 18.4. The van der Waals surface area contributed by atoms with Crippen molar-refractivity contribution < 1.29 is 19.0 Å². The summed E-state index contributed by atoms with van der Waals surface area (Å²) in [7, 11) is 0. The van der Waals surface area contributed by atoms with Gasteiger partial charge in [-0.2, -0.15) is 0 Å². The molecule has 4 heterocycles. The third kappa shape index (κ3) is 2.50. The van der Waals surface area contributed by atoms with Crippen LogP contribution in [0.25, 0.3) is 22.3 Å². The van der Waals surface area contributed by atoms with Gasteiger partial charge in [0.2, 0.25) is 0 Å². The normalized spacial score (nSPS) is 20.0. The van der Waals surface area contributed by atoms with Crippen molar-refractivity contribution in [3.63, 3.8) is 0 Å². The van der Waals surface area contributed by atoms with Gasteiger partial charge in [0.05, 0.1) is 29.0 Å². The molecule has 0 aliphatic carbocycles. The Kier molecular flexibility index (Phi) is 4.35. The average Bonchev–Trinajstić information content (AvgIpc) is 3.12. The van der Waals surface area contributed by atoms with E-state index in [9.17, 15) is 19.1 Å². The monoisotopic (exact) mass is 437 g/mol. The highest BCUT2D eigenvalue weighted by molar-refractivity contribution is 5.92. The summed E-state index contributed by atoms with van der Waals surface area (Å²) in [6.07, 6.45) is 0.0640. The molecule has 0 radical (unpaired) electrons. The Hall–Kier alpha value is -3.10. The molecule has 0 amide bonds. The molecule has 0 spiro atoms. The third-order valence-electron chi connectivity index (χ3n) is 6.98. The zero-order valence-corrected chi connectivity index (χ0v) is 18.4. The highest BCUT2D eigenvalue weighted by atomic mass is 19.1. The molecule has 0 fully saturated rings. The number of benzene rings is 1. The number of aliphatic hydroxyl groups is 1. The van der Waals surface area contributed by atoms with Crippen molar-refractivity contribution >= 4 is 16.9 Å². The second-order valence-electron chi connectivity index (χ2n) is 8.75. The smallest absolute Gasteiger partial charge is 0.343 e. The number of nitrogens with zero attached hydrogens (tertiary/aromatic N) is 2. The fourth-order valence-electron chi connectivity index (χ4n) is 5.04. The van der Waals surface area contributed by atoms with Crippen LogP contribution in [0, 0.1) is 19.7 Å². The van der Waals surface area contributed by atoms with Crippen molar-refractivity contribution in [1.29, 1.82) is 0 Å². The number of esters is 1. The van der Waals surface area contributed by atoms with Crippen molar-refractivity contribution in [1.82, 2.24) is 9.55 Å². The van der Waals surface area contributed by atoms with Crippen molar-refractivity contribution in [3.05, 3.63) is 61.7 Å². The first kappa shape index (κ1) is 20.8. The van der Waals surface area contributed by atoms with E-state index in [2.05, 4.69) is 0 Å². The summed E-state index contributed by atoms with van der Waals surface area (Å²) in [5.74, 6) is -1.13. The molecule has 8 heteroatoms. The van der Waals surface area contributed by atoms with E-state index in [-0.39, 0.29) is 48.1 Å². The van der Waals surface area contributed by atoms with Gasteiger partial charge in [-0.15, -0.1) is 0 Å². The SMILES string of the molecule is CC[C@@]1(O)C(=O)OCc2c1cc1n(c2=O)Cc2c-1nc1cc(F)c(C)c(C)c1c2[C@H](C)N. The summed E-state index contributed by atoms with van der Waals surface area (Å²) in [6.45, 7) is 7.14. The molecule has 3 aromatic rings. The molecule has 2 aromatic heterocycles. The van der Waals surface area contributed by atoms with Gasteiger partial charge in [0.1, 0.15) is 12.4 Å². The van der Waals surface area contributed by atoms with Gasteiger partial charge in [-0.3, -0.25) is 4.79 Å². The van der Waals surface area contributed by atoms with Crippen LogP contribution in [0.1, 0.15) is 59.7 Å². The van der Waals surface area contributed by atoms with Gasteiger partial charge in [-0.1, -0.05) is 6.92 Å². The van der Waals surface area contributed by atoms with E-state index >= 15 is 0 Å². The maximum absolute atomic E-state index is 14.6. The molecule has 7 nitrogen and oxygen atoms in total. The molecule has 32 heavy (non-hydrogen) atoms. The van der Waals surface area contributed by atoms with Gasteiger partial charge in [-0.05, 0) is 49.9 Å².